The number of carbonyl (C=O) groups is 1. The topological polar surface area (TPSA) is 68.4 Å². The number of amides is 1. The summed E-state index contributed by atoms with van der Waals surface area (Å²) in [6.07, 6.45) is 2.21. The number of aromatic nitrogens is 1. The fourth-order valence-corrected chi connectivity index (χ4v) is 4.66. The Kier molecular flexibility index (Phi) is 7.03. The molecular weight excluding hydrogens is 444 g/mol. The van der Waals surface area contributed by atoms with Crippen LogP contribution in [-0.2, 0) is 6.54 Å². The molecular formula is C23H31BrN4O2. The SMILES string of the molecule is Cc1cc(C)c(CNC(=O)c2cc(Br)cc(N(C)C3CCN(C)CC3)c2C)c(=O)[nH]1. The lowest BCUT2D eigenvalue weighted by Crippen LogP contribution is -2.42. The lowest BCUT2D eigenvalue weighted by Gasteiger charge is -2.37. The number of hydrogen-bond donors (Lipinski definition) is 2. The number of hydrogen-bond acceptors (Lipinski definition) is 4. The van der Waals surface area contributed by atoms with E-state index < -0.39 is 0 Å². The summed E-state index contributed by atoms with van der Waals surface area (Å²) in [4.78, 5) is 32.7. The van der Waals surface area contributed by atoms with E-state index in [0.29, 0.717) is 17.2 Å². The monoisotopic (exact) mass is 474 g/mol. The molecule has 0 radical (unpaired) electrons. The van der Waals surface area contributed by atoms with Crippen LogP contribution >= 0.6 is 15.9 Å². The third kappa shape index (κ3) is 4.95. The number of halogens is 1. The number of carbonyl (C=O) groups excluding carboxylic acids is 1. The molecule has 6 nitrogen and oxygen atoms in total. The van der Waals surface area contributed by atoms with E-state index in [4.69, 9.17) is 0 Å². The van der Waals surface area contributed by atoms with Crippen molar-refractivity contribution in [2.45, 2.75) is 46.2 Å². The third-order valence-electron chi connectivity index (χ3n) is 6.13. The molecule has 1 amide bonds. The maximum Gasteiger partial charge on any atom is 0.253 e. The predicted molar refractivity (Wildman–Crippen MR) is 126 cm³/mol. The molecule has 162 valence electrons. The molecule has 0 unspecified atom stereocenters. The number of benzene rings is 1. The number of aromatic amines is 1. The number of anilines is 1. The molecule has 2 heterocycles. The van der Waals surface area contributed by atoms with Crippen LogP contribution in [0.1, 0.15) is 45.6 Å². The van der Waals surface area contributed by atoms with Gasteiger partial charge in [0.15, 0.2) is 0 Å². The first-order valence-electron chi connectivity index (χ1n) is 10.4. The Morgan fingerprint density at radius 1 is 1.23 bits per heavy atom. The van der Waals surface area contributed by atoms with Crippen molar-refractivity contribution in [3.8, 4) is 0 Å². The average molecular weight is 475 g/mol. The quantitative estimate of drug-likeness (QED) is 0.695. The molecule has 2 aromatic rings. The molecule has 1 aromatic heterocycles. The van der Waals surface area contributed by atoms with E-state index in [9.17, 15) is 9.59 Å². The van der Waals surface area contributed by atoms with Crippen LogP contribution in [0.5, 0.6) is 0 Å². The summed E-state index contributed by atoms with van der Waals surface area (Å²) >= 11 is 3.57. The Morgan fingerprint density at radius 3 is 2.53 bits per heavy atom. The molecule has 0 spiro atoms. The van der Waals surface area contributed by atoms with Crippen LogP contribution in [0.3, 0.4) is 0 Å². The lowest BCUT2D eigenvalue weighted by atomic mass is 10.00. The van der Waals surface area contributed by atoms with Crippen LogP contribution < -0.4 is 15.8 Å². The van der Waals surface area contributed by atoms with E-state index in [-0.39, 0.29) is 18.0 Å². The van der Waals surface area contributed by atoms with Crippen molar-refractivity contribution < 1.29 is 4.79 Å². The molecule has 0 atom stereocenters. The summed E-state index contributed by atoms with van der Waals surface area (Å²) in [5.74, 6) is -0.175. The van der Waals surface area contributed by atoms with E-state index in [2.05, 4.69) is 56.2 Å². The van der Waals surface area contributed by atoms with Crippen molar-refractivity contribution >= 4 is 27.5 Å². The Morgan fingerprint density at radius 2 is 1.90 bits per heavy atom. The van der Waals surface area contributed by atoms with Gasteiger partial charge in [-0.05, 0) is 83.1 Å². The fraction of sp³-hybridized carbons (Fsp3) is 0.478. The third-order valence-corrected chi connectivity index (χ3v) is 6.58. The zero-order valence-electron chi connectivity index (χ0n) is 18.4. The van der Waals surface area contributed by atoms with Crippen molar-refractivity contribution in [2.75, 3.05) is 32.1 Å². The molecule has 1 aliphatic rings. The van der Waals surface area contributed by atoms with Gasteiger partial charge in [0, 0.05) is 46.6 Å². The van der Waals surface area contributed by atoms with Crippen LogP contribution in [-0.4, -0.2) is 49.0 Å². The maximum absolute atomic E-state index is 13.0. The predicted octanol–water partition coefficient (Wildman–Crippen LogP) is 3.52. The number of rotatable bonds is 5. The van der Waals surface area contributed by atoms with Crippen molar-refractivity contribution in [3.05, 3.63) is 61.0 Å². The molecule has 2 N–H and O–H groups in total. The molecule has 0 saturated carbocycles. The minimum absolute atomic E-state index is 0.151. The first-order valence-corrected chi connectivity index (χ1v) is 11.2. The Bertz CT molecular complexity index is 993. The van der Waals surface area contributed by atoms with Gasteiger partial charge in [0.25, 0.3) is 11.5 Å². The zero-order chi connectivity index (χ0) is 22.0. The zero-order valence-corrected chi connectivity index (χ0v) is 20.0. The van der Waals surface area contributed by atoms with E-state index in [0.717, 1.165) is 52.9 Å². The van der Waals surface area contributed by atoms with Gasteiger partial charge in [0.1, 0.15) is 0 Å². The maximum atomic E-state index is 13.0. The number of nitrogens with zero attached hydrogens (tertiary/aromatic N) is 2. The van der Waals surface area contributed by atoms with Crippen LogP contribution in [0.15, 0.2) is 27.5 Å². The van der Waals surface area contributed by atoms with Crippen LogP contribution in [0.25, 0.3) is 0 Å². The largest absolute Gasteiger partial charge is 0.371 e. The summed E-state index contributed by atoms with van der Waals surface area (Å²) in [6, 6.07) is 6.31. The highest BCUT2D eigenvalue weighted by atomic mass is 79.9. The van der Waals surface area contributed by atoms with Gasteiger partial charge < -0.3 is 20.1 Å². The van der Waals surface area contributed by atoms with Gasteiger partial charge in [-0.2, -0.15) is 0 Å². The van der Waals surface area contributed by atoms with E-state index in [1.165, 1.54) is 0 Å². The van der Waals surface area contributed by atoms with Crippen molar-refractivity contribution in [3.63, 3.8) is 0 Å². The summed E-state index contributed by atoms with van der Waals surface area (Å²) in [5.41, 5.74) is 4.77. The van der Waals surface area contributed by atoms with E-state index >= 15 is 0 Å². The molecule has 7 heteroatoms. The Balaban J connectivity index is 1.81. The molecule has 1 aliphatic heterocycles. The molecule has 1 aromatic carbocycles. The molecule has 1 saturated heterocycles. The highest BCUT2D eigenvalue weighted by Crippen LogP contribution is 2.31. The number of nitrogens with one attached hydrogen (secondary N) is 2. The van der Waals surface area contributed by atoms with Crippen molar-refractivity contribution in [1.29, 1.82) is 0 Å². The Labute approximate surface area is 186 Å². The summed E-state index contributed by atoms with van der Waals surface area (Å²) in [6.45, 7) is 8.10. The molecule has 1 fully saturated rings. The van der Waals surface area contributed by atoms with Crippen molar-refractivity contribution in [2.24, 2.45) is 0 Å². The minimum Gasteiger partial charge on any atom is -0.371 e. The molecule has 3 rings (SSSR count). The highest BCUT2D eigenvalue weighted by molar-refractivity contribution is 9.10. The van der Waals surface area contributed by atoms with Gasteiger partial charge in [0.05, 0.1) is 0 Å². The molecule has 0 aliphatic carbocycles. The second kappa shape index (κ2) is 9.35. The van der Waals surface area contributed by atoms with Crippen LogP contribution in [0.4, 0.5) is 5.69 Å². The first kappa shape index (κ1) is 22.6. The van der Waals surface area contributed by atoms with Crippen LogP contribution in [0, 0.1) is 20.8 Å². The number of likely N-dealkylation sites (tertiary alicyclic amines) is 1. The van der Waals surface area contributed by atoms with Gasteiger partial charge >= 0.3 is 0 Å². The van der Waals surface area contributed by atoms with Gasteiger partial charge in [-0.15, -0.1) is 0 Å². The summed E-state index contributed by atoms with van der Waals surface area (Å²) in [5, 5.41) is 2.93. The smallest absolute Gasteiger partial charge is 0.253 e. The van der Waals surface area contributed by atoms with Crippen molar-refractivity contribution in [1.82, 2.24) is 15.2 Å². The normalized spacial score (nSPS) is 15.3. The fourth-order valence-electron chi connectivity index (χ4n) is 4.21. The summed E-state index contributed by atoms with van der Waals surface area (Å²) in [7, 11) is 4.27. The summed E-state index contributed by atoms with van der Waals surface area (Å²) < 4.78 is 0.873. The lowest BCUT2D eigenvalue weighted by molar-refractivity contribution is 0.0950. The van der Waals surface area contributed by atoms with E-state index in [1.54, 1.807) is 0 Å². The number of aryl methyl sites for hydroxylation is 2. The number of H-pyrrole nitrogens is 1. The molecule has 0 bridgehead atoms. The van der Waals surface area contributed by atoms with Gasteiger partial charge in [-0.3, -0.25) is 9.59 Å². The minimum atomic E-state index is -0.175. The van der Waals surface area contributed by atoms with Gasteiger partial charge in [-0.25, -0.2) is 0 Å². The highest BCUT2D eigenvalue weighted by Gasteiger charge is 2.24. The van der Waals surface area contributed by atoms with Crippen LogP contribution in [0.2, 0.25) is 0 Å². The number of piperidine rings is 1. The average Bonchev–Trinajstić information content (AvgIpc) is 2.68. The van der Waals surface area contributed by atoms with E-state index in [1.807, 2.05) is 32.9 Å². The second-order valence-electron chi connectivity index (χ2n) is 8.37. The van der Waals surface area contributed by atoms with Gasteiger partial charge in [0.2, 0.25) is 0 Å². The van der Waals surface area contributed by atoms with Gasteiger partial charge in [-0.1, -0.05) is 15.9 Å². The second-order valence-corrected chi connectivity index (χ2v) is 9.28. The number of pyridine rings is 1. The Hall–Kier alpha value is -2.12. The first-order chi connectivity index (χ1) is 14.2. The molecule has 30 heavy (non-hydrogen) atoms. The standard InChI is InChI=1S/C23H31BrN4O2/c1-14-10-15(2)26-23(30)20(14)13-25-22(29)19-11-17(24)12-21(16(19)3)28(5)18-6-8-27(4)9-7-18/h10-12,18H,6-9,13H2,1-5H3,(H,25,29)(H,26,30).